The van der Waals surface area contributed by atoms with Gasteiger partial charge >= 0.3 is 0 Å². The van der Waals surface area contributed by atoms with Crippen molar-refractivity contribution in [2.24, 2.45) is 7.05 Å². The number of rotatable bonds is 0. The van der Waals surface area contributed by atoms with Crippen LogP contribution in [0.4, 0.5) is 0 Å². The average Bonchev–Trinajstić information content (AvgIpc) is 2.32. The summed E-state index contributed by atoms with van der Waals surface area (Å²) in [5, 5.41) is 13.5. The molecule has 0 amide bonds. The quantitative estimate of drug-likeness (QED) is 0.579. The van der Waals surface area contributed by atoms with Crippen LogP contribution >= 0.6 is 0 Å². The molecule has 0 saturated carbocycles. The van der Waals surface area contributed by atoms with Crippen LogP contribution in [-0.2, 0) is 19.9 Å². The molecule has 1 aliphatic rings. The molecule has 0 saturated heterocycles. The Morgan fingerprint density at radius 1 is 1.73 bits per heavy atom. The summed E-state index contributed by atoms with van der Waals surface area (Å²) in [4.78, 5) is 0. The second kappa shape index (κ2) is 2.34. The topological polar surface area (TPSA) is 38.0 Å². The van der Waals surface area contributed by atoms with Crippen LogP contribution in [0, 0.1) is 0 Å². The number of aliphatic hydroxyl groups excluding tert-OH is 1. The van der Waals surface area contributed by atoms with E-state index in [-0.39, 0.29) is 6.10 Å². The maximum atomic E-state index is 9.33. The van der Waals surface area contributed by atoms with Crippen LogP contribution in [-0.4, -0.2) is 21.0 Å². The van der Waals surface area contributed by atoms with Gasteiger partial charge in [0, 0.05) is 19.2 Å². The first-order valence-corrected chi connectivity index (χ1v) is 3.95. The van der Waals surface area contributed by atoms with Crippen molar-refractivity contribution >= 4 is 0 Å². The molecule has 1 atom stereocenters. The maximum Gasteiger partial charge on any atom is 0.0585 e. The van der Waals surface area contributed by atoms with Crippen LogP contribution in [0.1, 0.15) is 17.7 Å². The smallest absolute Gasteiger partial charge is 0.0585 e. The Bertz CT molecular complexity index is 267. The zero-order valence-corrected chi connectivity index (χ0v) is 6.62. The van der Waals surface area contributed by atoms with Gasteiger partial charge in [-0.05, 0) is 18.4 Å². The van der Waals surface area contributed by atoms with E-state index in [0.717, 1.165) is 19.3 Å². The molecule has 0 aliphatic heterocycles. The third-order valence-electron chi connectivity index (χ3n) is 2.32. The Labute approximate surface area is 65.7 Å². The van der Waals surface area contributed by atoms with Crippen molar-refractivity contribution in [1.82, 2.24) is 9.78 Å². The highest BCUT2D eigenvalue weighted by Gasteiger charge is 2.18. The molecule has 0 unspecified atom stereocenters. The van der Waals surface area contributed by atoms with E-state index in [1.165, 1.54) is 11.3 Å². The number of hydrogen-bond acceptors (Lipinski definition) is 2. The van der Waals surface area contributed by atoms with Crippen LogP contribution in [0.3, 0.4) is 0 Å². The lowest BCUT2D eigenvalue weighted by Gasteiger charge is -2.17. The minimum atomic E-state index is -0.147. The van der Waals surface area contributed by atoms with Crippen molar-refractivity contribution in [1.29, 1.82) is 0 Å². The summed E-state index contributed by atoms with van der Waals surface area (Å²) in [5.74, 6) is 0. The number of aryl methyl sites for hydroxylation is 1. The standard InChI is InChI=1S/C8H12N2O/c1-10-8-3-2-7(11)4-6(8)5-9-10/h5,7,11H,2-4H2,1H3/t7-/m1/s1. The Kier molecular flexibility index (Phi) is 1.46. The summed E-state index contributed by atoms with van der Waals surface area (Å²) in [6.45, 7) is 0. The first-order chi connectivity index (χ1) is 5.27. The largest absolute Gasteiger partial charge is 0.393 e. The van der Waals surface area contributed by atoms with E-state index in [4.69, 9.17) is 0 Å². The highest BCUT2D eigenvalue weighted by molar-refractivity contribution is 5.21. The van der Waals surface area contributed by atoms with Crippen LogP contribution in [0.2, 0.25) is 0 Å². The second-order valence-corrected chi connectivity index (χ2v) is 3.14. The number of nitrogens with zero attached hydrogens (tertiary/aromatic N) is 2. The zero-order chi connectivity index (χ0) is 7.84. The number of fused-ring (bicyclic) bond motifs is 1. The molecule has 1 heterocycles. The fourth-order valence-corrected chi connectivity index (χ4v) is 1.66. The lowest BCUT2D eigenvalue weighted by Crippen LogP contribution is -2.19. The normalized spacial score (nSPS) is 23.3. The van der Waals surface area contributed by atoms with Gasteiger partial charge in [0.2, 0.25) is 0 Å². The first-order valence-electron chi connectivity index (χ1n) is 3.95. The van der Waals surface area contributed by atoms with Gasteiger partial charge in [-0.15, -0.1) is 0 Å². The van der Waals surface area contributed by atoms with E-state index in [9.17, 15) is 5.11 Å². The van der Waals surface area contributed by atoms with E-state index >= 15 is 0 Å². The van der Waals surface area contributed by atoms with Crippen LogP contribution in [0.15, 0.2) is 6.20 Å². The van der Waals surface area contributed by atoms with E-state index in [1.54, 1.807) is 0 Å². The SMILES string of the molecule is Cn1ncc2c1CC[C@@H](O)C2. The van der Waals surface area contributed by atoms with E-state index in [0.29, 0.717) is 0 Å². The fourth-order valence-electron chi connectivity index (χ4n) is 1.66. The summed E-state index contributed by atoms with van der Waals surface area (Å²) in [6, 6.07) is 0. The molecule has 60 valence electrons. The highest BCUT2D eigenvalue weighted by Crippen LogP contribution is 2.19. The molecular weight excluding hydrogens is 140 g/mol. The van der Waals surface area contributed by atoms with Crippen molar-refractivity contribution in [2.45, 2.75) is 25.4 Å². The van der Waals surface area contributed by atoms with Gasteiger partial charge < -0.3 is 5.11 Å². The Balaban J connectivity index is 2.36. The molecule has 3 heteroatoms. The Morgan fingerprint density at radius 3 is 3.36 bits per heavy atom. The lowest BCUT2D eigenvalue weighted by molar-refractivity contribution is 0.157. The fraction of sp³-hybridized carbons (Fsp3) is 0.625. The Morgan fingerprint density at radius 2 is 2.55 bits per heavy atom. The predicted molar refractivity (Wildman–Crippen MR) is 41.2 cm³/mol. The molecular formula is C8H12N2O. The van der Waals surface area contributed by atoms with Crippen molar-refractivity contribution in [3.63, 3.8) is 0 Å². The number of hydrogen-bond donors (Lipinski definition) is 1. The average molecular weight is 152 g/mol. The molecule has 0 spiro atoms. The number of aliphatic hydroxyl groups is 1. The molecule has 0 fully saturated rings. The molecule has 0 radical (unpaired) electrons. The van der Waals surface area contributed by atoms with Gasteiger partial charge in [0.05, 0.1) is 12.3 Å². The van der Waals surface area contributed by atoms with Gasteiger partial charge in [-0.1, -0.05) is 0 Å². The van der Waals surface area contributed by atoms with Crippen LogP contribution in [0.25, 0.3) is 0 Å². The van der Waals surface area contributed by atoms with Crippen LogP contribution < -0.4 is 0 Å². The summed E-state index contributed by atoms with van der Waals surface area (Å²) in [7, 11) is 1.95. The molecule has 1 aromatic heterocycles. The third-order valence-corrected chi connectivity index (χ3v) is 2.32. The van der Waals surface area contributed by atoms with Gasteiger partial charge in [-0.3, -0.25) is 4.68 Å². The first kappa shape index (κ1) is 6.85. The Hall–Kier alpha value is -0.830. The van der Waals surface area contributed by atoms with Gasteiger partial charge in [-0.2, -0.15) is 5.10 Å². The molecule has 1 N–H and O–H groups in total. The molecule has 1 aromatic rings. The van der Waals surface area contributed by atoms with Crippen molar-refractivity contribution in [3.05, 3.63) is 17.5 Å². The zero-order valence-electron chi connectivity index (χ0n) is 6.62. The molecule has 0 aromatic carbocycles. The molecule has 1 aliphatic carbocycles. The summed E-state index contributed by atoms with van der Waals surface area (Å²) in [6.07, 6.45) is 4.34. The molecule has 11 heavy (non-hydrogen) atoms. The summed E-state index contributed by atoms with van der Waals surface area (Å²) < 4.78 is 1.90. The number of aromatic nitrogens is 2. The van der Waals surface area contributed by atoms with Gasteiger partial charge in [0.25, 0.3) is 0 Å². The summed E-state index contributed by atoms with van der Waals surface area (Å²) in [5.41, 5.74) is 2.50. The van der Waals surface area contributed by atoms with Gasteiger partial charge in [0.15, 0.2) is 0 Å². The van der Waals surface area contributed by atoms with Gasteiger partial charge in [0.1, 0.15) is 0 Å². The maximum absolute atomic E-state index is 9.33. The molecule has 3 nitrogen and oxygen atoms in total. The highest BCUT2D eigenvalue weighted by atomic mass is 16.3. The monoisotopic (exact) mass is 152 g/mol. The lowest BCUT2D eigenvalue weighted by atomic mass is 9.96. The molecule has 0 bridgehead atoms. The van der Waals surface area contributed by atoms with Gasteiger partial charge in [-0.25, -0.2) is 0 Å². The van der Waals surface area contributed by atoms with Crippen LogP contribution in [0.5, 0.6) is 0 Å². The van der Waals surface area contributed by atoms with Crippen molar-refractivity contribution in [2.75, 3.05) is 0 Å². The third kappa shape index (κ3) is 1.05. The van der Waals surface area contributed by atoms with E-state index in [1.807, 2.05) is 17.9 Å². The van der Waals surface area contributed by atoms with E-state index < -0.39 is 0 Å². The van der Waals surface area contributed by atoms with E-state index in [2.05, 4.69) is 5.10 Å². The second-order valence-electron chi connectivity index (χ2n) is 3.14. The minimum absolute atomic E-state index is 0.147. The minimum Gasteiger partial charge on any atom is -0.393 e. The predicted octanol–water partition coefficient (Wildman–Crippen LogP) is 0.270. The van der Waals surface area contributed by atoms with Crippen molar-refractivity contribution < 1.29 is 5.11 Å². The molecule has 2 rings (SSSR count). The summed E-state index contributed by atoms with van der Waals surface area (Å²) >= 11 is 0. The van der Waals surface area contributed by atoms with Crippen molar-refractivity contribution in [3.8, 4) is 0 Å².